The normalized spacial score (nSPS) is 21.3. The van der Waals surface area contributed by atoms with Gasteiger partial charge in [-0.05, 0) is 26.7 Å². The zero-order valence-electron chi connectivity index (χ0n) is 9.87. The summed E-state index contributed by atoms with van der Waals surface area (Å²) < 4.78 is 0. The lowest BCUT2D eigenvalue weighted by atomic mass is 10.1. The number of nitrogens with one attached hydrogen (secondary N) is 2. The fourth-order valence-electron chi connectivity index (χ4n) is 1.51. The van der Waals surface area contributed by atoms with Gasteiger partial charge in [-0.3, -0.25) is 9.59 Å². The summed E-state index contributed by atoms with van der Waals surface area (Å²) in [7, 11) is 0. The number of hydrogen-bond acceptors (Lipinski definition) is 3. The molecule has 1 fully saturated rings. The molecule has 1 atom stereocenters. The van der Waals surface area contributed by atoms with Crippen molar-refractivity contribution in [2.24, 2.45) is 0 Å². The second-order valence-electron chi connectivity index (χ2n) is 4.01. The number of hydrogen-bond donors (Lipinski definition) is 3. The van der Waals surface area contributed by atoms with Gasteiger partial charge in [0.2, 0.25) is 11.8 Å². The van der Waals surface area contributed by atoms with Gasteiger partial charge in [-0.2, -0.15) is 0 Å². The first kappa shape index (κ1) is 13.2. The van der Waals surface area contributed by atoms with Crippen LogP contribution in [0.25, 0.3) is 0 Å². The van der Waals surface area contributed by atoms with Gasteiger partial charge < -0.3 is 15.7 Å². The molecule has 0 saturated carbocycles. The molecule has 0 aromatic rings. The predicted octanol–water partition coefficient (Wildman–Crippen LogP) is -0.198. The summed E-state index contributed by atoms with van der Waals surface area (Å²) in [5.41, 5.74) is 0.106. The van der Waals surface area contributed by atoms with Crippen LogP contribution in [0, 0.1) is 0 Å². The minimum Gasteiger partial charge on any atom is -0.478 e. The summed E-state index contributed by atoms with van der Waals surface area (Å²) in [6.07, 6.45) is 1.38. The third kappa shape index (κ3) is 3.30. The lowest BCUT2D eigenvalue weighted by molar-refractivity contribution is -0.133. The van der Waals surface area contributed by atoms with Crippen molar-refractivity contribution in [3.05, 3.63) is 11.1 Å². The van der Waals surface area contributed by atoms with E-state index in [9.17, 15) is 14.4 Å². The molecule has 2 amide bonds. The Morgan fingerprint density at radius 2 is 2.00 bits per heavy atom. The number of carboxylic acid groups (broad SMARTS) is 1. The molecule has 6 heteroatoms. The number of rotatable bonds is 3. The number of amides is 2. The van der Waals surface area contributed by atoms with Gasteiger partial charge in [0.1, 0.15) is 6.04 Å². The van der Waals surface area contributed by atoms with Crippen molar-refractivity contribution in [1.82, 2.24) is 10.6 Å². The molecule has 0 spiro atoms. The molecule has 1 aliphatic heterocycles. The van der Waals surface area contributed by atoms with Crippen molar-refractivity contribution in [3.8, 4) is 0 Å². The Kier molecular flexibility index (Phi) is 4.25. The Balaban J connectivity index is 2.69. The summed E-state index contributed by atoms with van der Waals surface area (Å²) >= 11 is 0. The van der Waals surface area contributed by atoms with Crippen molar-refractivity contribution >= 4 is 17.8 Å². The monoisotopic (exact) mass is 240 g/mol. The van der Waals surface area contributed by atoms with E-state index in [0.717, 1.165) is 6.42 Å². The first-order valence-electron chi connectivity index (χ1n) is 5.43. The standard InChI is InChI=1S/C11H16N2O4/c1-6(7(2)11(16)17)9(14)13-8-4-3-5-12-10(8)15/h8H,3-5H2,1-2H3,(H,12,15)(H,13,14)(H,16,17)/b7-6-. The summed E-state index contributed by atoms with van der Waals surface area (Å²) in [4.78, 5) is 33.8. The van der Waals surface area contributed by atoms with Crippen LogP contribution in [0.15, 0.2) is 11.1 Å². The van der Waals surface area contributed by atoms with Crippen LogP contribution in [0.1, 0.15) is 26.7 Å². The third-order valence-electron chi connectivity index (χ3n) is 2.81. The molecular weight excluding hydrogens is 224 g/mol. The van der Waals surface area contributed by atoms with E-state index in [0.29, 0.717) is 13.0 Å². The van der Waals surface area contributed by atoms with Crippen LogP contribution in [0.3, 0.4) is 0 Å². The molecule has 1 unspecified atom stereocenters. The fraction of sp³-hybridized carbons (Fsp3) is 0.545. The average molecular weight is 240 g/mol. The van der Waals surface area contributed by atoms with Crippen molar-refractivity contribution in [1.29, 1.82) is 0 Å². The van der Waals surface area contributed by atoms with E-state index in [4.69, 9.17) is 5.11 Å². The predicted molar refractivity (Wildman–Crippen MR) is 60.2 cm³/mol. The summed E-state index contributed by atoms with van der Waals surface area (Å²) in [5, 5.41) is 13.9. The molecule has 1 rings (SSSR count). The molecule has 0 bridgehead atoms. The highest BCUT2D eigenvalue weighted by Gasteiger charge is 2.24. The van der Waals surface area contributed by atoms with E-state index in [1.54, 1.807) is 0 Å². The minimum absolute atomic E-state index is 0.0151. The Morgan fingerprint density at radius 3 is 2.53 bits per heavy atom. The van der Waals surface area contributed by atoms with Crippen LogP contribution in [0.5, 0.6) is 0 Å². The first-order chi connectivity index (χ1) is 7.93. The second kappa shape index (κ2) is 5.47. The van der Waals surface area contributed by atoms with Crippen molar-refractivity contribution in [2.75, 3.05) is 6.54 Å². The van der Waals surface area contributed by atoms with Gasteiger partial charge in [0, 0.05) is 17.7 Å². The molecule has 0 aliphatic carbocycles. The van der Waals surface area contributed by atoms with Crippen LogP contribution < -0.4 is 10.6 Å². The third-order valence-corrected chi connectivity index (χ3v) is 2.81. The molecular formula is C11H16N2O4. The molecule has 0 radical (unpaired) electrons. The maximum Gasteiger partial charge on any atom is 0.331 e. The fourth-order valence-corrected chi connectivity index (χ4v) is 1.51. The number of carbonyl (C=O) groups excluding carboxylic acids is 2. The molecule has 6 nitrogen and oxygen atoms in total. The molecule has 1 aliphatic rings. The molecule has 1 saturated heterocycles. The molecule has 17 heavy (non-hydrogen) atoms. The largest absolute Gasteiger partial charge is 0.478 e. The van der Waals surface area contributed by atoms with E-state index in [-0.39, 0.29) is 17.1 Å². The number of carbonyl (C=O) groups is 3. The van der Waals surface area contributed by atoms with Gasteiger partial charge in [0.05, 0.1) is 0 Å². The van der Waals surface area contributed by atoms with Gasteiger partial charge in [0.15, 0.2) is 0 Å². The lowest BCUT2D eigenvalue weighted by Gasteiger charge is -2.23. The van der Waals surface area contributed by atoms with Crippen LogP contribution in [-0.2, 0) is 14.4 Å². The van der Waals surface area contributed by atoms with Gasteiger partial charge >= 0.3 is 5.97 Å². The Labute approximate surface area is 99.1 Å². The molecule has 94 valence electrons. The zero-order valence-corrected chi connectivity index (χ0v) is 9.87. The Hall–Kier alpha value is -1.85. The lowest BCUT2D eigenvalue weighted by Crippen LogP contribution is -2.50. The second-order valence-corrected chi connectivity index (χ2v) is 4.01. The summed E-state index contributed by atoms with van der Waals surface area (Å²) in [6.45, 7) is 3.41. The van der Waals surface area contributed by atoms with Gasteiger partial charge in [-0.25, -0.2) is 4.79 Å². The highest BCUT2D eigenvalue weighted by atomic mass is 16.4. The van der Waals surface area contributed by atoms with Crippen LogP contribution >= 0.6 is 0 Å². The van der Waals surface area contributed by atoms with E-state index in [2.05, 4.69) is 10.6 Å². The van der Waals surface area contributed by atoms with E-state index < -0.39 is 17.9 Å². The van der Waals surface area contributed by atoms with E-state index in [1.165, 1.54) is 13.8 Å². The SMILES string of the molecule is C/C(C(=O)O)=C(\C)C(=O)NC1CCCNC1=O. The number of piperidine rings is 1. The smallest absolute Gasteiger partial charge is 0.331 e. The summed E-state index contributed by atoms with van der Waals surface area (Å²) in [6, 6.07) is -0.562. The van der Waals surface area contributed by atoms with Gasteiger partial charge in [-0.1, -0.05) is 0 Å². The molecule has 3 N–H and O–H groups in total. The molecule has 0 aromatic carbocycles. The zero-order chi connectivity index (χ0) is 13.0. The van der Waals surface area contributed by atoms with Gasteiger partial charge in [-0.15, -0.1) is 0 Å². The highest BCUT2D eigenvalue weighted by molar-refractivity contribution is 6.02. The average Bonchev–Trinajstić information content (AvgIpc) is 2.30. The Bertz CT molecular complexity index is 387. The maximum absolute atomic E-state index is 11.7. The first-order valence-corrected chi connectivity index (χ1v) is 5.43. The molecule has 1 heterocycles. The van der Waals surface area contributed by atoms with Crippen LogP contribution in [-0.4, -0.2) is 35.5 Å². The Morgan fingerprint density at radius 1 is 1.35 bits per heavy atom. The van der Waals surface area contributed by atoms with Crippen LogP contribution in [0.2, 0.25) is 0 Å². The quantitative estimate of drug-likeness (QED) is 0.595. The minimum atomic E-state index is -1.13. The van der Waals surface area contributed by atoms with Gasteiger partial charge in [0.25, 0.3) is 0 Å². The topological polar surface area (TPSA) is 95.5 Å². The van der Waals surface area contributed by atoms with Crippen molar-refractivity contribution in [2.45, 2.75) is 32.7 Å². The van der Waals surface area contributed by atoms with Crippen molar-refractivity contribution < 1.29 is 19.5 Å². The van der Waals surface area contributed by atoms with Crippen molar-refractivity contribution in [3.63, 3.8) is 0 Å². The molecule has 0 aromatic heterocycles. The van der Waals surface area contributed by atoms with Crippen LogP contribution in [0.4, 0.5) is 0 Å². The van der Waals surface area contributed by atoms with E-state index in [1.807, 2.05) is 0 Å². The number of carboxylic acids is 1. The summed E-state index contributed by atoms with van der Waals surface area (Å²) in [5.74, 6) is -1.86. The van der Waals surface area contributed by atoms with E-state index >= 15 is 0 Å². The number of aliphatic carboxylic acids is 1. The maximum atomic E-state index is 11.7. The highest BCUT2D eigenvalue weighted by Crippen LogP contribution is 2.07.